The highest BCUT2D eigenvalue weighted by Crippen LogP contribution is 2.03. The van der Waals surface area contributed by atoms with E-state index in [1.54, 1.807) is 0 Å². The molecule has 0 saturated heterocycles. The molecule has 0 rings (SSSR count). The van der Waals surface area contributed by atoms with Gasteiger partial charge in [-0.1, -0.05) is 20.3 Å². The van der Waals surface area contributed by atoms with Crippen molar-refractivity contribution in [3.8, 4) is 0 Å². The molecule has 0 aliphatic rings. The monoisotopic (exact) mass is 120 g/mol. The van der Waals surface area contributed by atoms with E-state index in [-0.39, 0.29) is 5.48 Å². The zero-order valence-corrected chi connectivity index (χ0v) is 5.65. The highest BCUT2D eigenvalue weighted by Gasteiger charge is 1.93. The molecule has 0 fully saturated rings. The Labute approximate surface area is 50.8 Å². The van der Waals surface area contributed by atoms with Crippen molar-refractivity contribution in [3.05, 3.63) is 0 Å². The number of rotatable bonds is 3. The lowest BCUT2D eigenvalue weighted by Gasteiger charge is -2.01. The molecule has 0 heterocycles. The van der Waals surface area contributed by atoms with Gasteiger partial charge in [-0.15, -0.1) is 0 Å². The molecule has 0 bridgehead atoms. The lowest BCUT2D eigenvalue weighted by atomic mass is 10.1. The Kier molecular flexibility index (Phi) is 9.36. The third-order valence-corrected chi connectivity index (χ3v) is 1.32. The van der Waals surface area contributed by atoms with Gasteiger partial charge in [-0.3, -0.25) is 0 Å². The van der Waals surface area contributed by atoms with Crippen molar-refractivity contribution in [2.45, 2.75) is 26.7 Å². The minimum Gasteiger partial charge on any atom is -0.412 e. The van der Waals surface area contributed by atoms with Crippen LogP contribution in [0.2, 0.25) is 0 Å². The van der Waals surface area contributed by atoms with E-state index >= 15 is 0 Å². The van der Waals surface area contributed by atoms with Gasteiger partial charge in [-0.05, 0) is 12.3 Å². The molecule has 0 spiro atoms. The van der Waals surface area contributed by atoms with Gasteiger partial charge < -0.3 is 10.6 Å². The molecule has 3 N–H and O–H groups in total. The molecular formula is C6H16O2. The van der Waals surface area contributed by atoms with Gasteiger partial charge in [0.15, 0.2) is 0 Å². The van der Waals surface area contributed by atoms with E-state index in [9.17, 15) is 0 Å². The summed E-state index contributed by atoms with van der Waals surface area (Å²) in [5.74, 6) is 0.699. The van der Waals surface area contributed by atoms with Crippen LogP contribution < -0.4 is 0 Å². The molecule has 0 radical (unpaired) electrons. The van der Waals surface area contributed by atoms with E-state index in [0.717, 1.165) is 6.42 Å². The SMILES string of the molecule is CCC(C)CCO.O. The van der Waals surface area contributed by atoms with Crippen molar-refractivity contribution in [1.29, 1.82) is 0 Å². The smallest absolute Gasteiger partial charge is 0.0433 e. The topological polar surface area (TPSA) is 51.7 Å². The normalized spacial score (nSPS) is 12.4. The molecule has 1 unspecified atom stereocenters. The minimum atomic E-state index is 0. The molecule has 0 amide bonds. The maximum absolute atomic E-state index is 8.37. The molecule has 0 aromatic carbocycles. The summed E-state index contributed by atoms with van der Waals surface area (Å²) in [6, 6.07) is 0. The van der Waals surface area contributed by atoms with Crippen LogP contribution >= 0.6 is 0 Å². The summed E-state index contributed by atoms with van der Waals surface area (Å²) in [4.78, 5) is 0. The Morgan fingerprint density at radius 1 is 1.50 bits per heavy atom. The van der Waals surface area contributed by atoms with E-state index in [2.05, 4.69) is 13.8 Å². The summed E-state index contributed by atoms with van der Waals surface area (Å²) in [5.41, 5.74) is 0. The molecule has 2 nitrogen and oxygen atoms in total. The van der Waals surface area contributed by atoms with Crippen molar-refractivity contribution < 1.29 is 10.6 Å². The van der Waals surface area contributed by atoms with Crippen LogP contribution in [0.15, 0.2) is 0 Å². The van der Waals surface area contributed by atoms with Gasteiger partial charge in [-0.2, -0.15) is 0 Å². The summed E-state index contributed by atoms with van der Waals surface area (Å²) in [6.45, 7) is 4.63. The molecule has 0 aromatic heterocycles. The van der Waals surface area contributed by atoms with E-state index in [0.29, 0.717) is 12.5 Å². The van der Waals surface area contributed by atoms with Crippen LogP contribution in [0, 0.1) is 5.92 Å². The molecular weight excluding hydrogens is 104 g/mol. The van der Waals surface area contributed by atoms with Crippen molar-refractivity contribution >= 4 is 0 Å². The number of hydrogen-bond acceptors (Lipinski definition) is 1. The van der Waals surface area contributed by atoms with Crippen LogP contribution in [0.4, 0.5) is 0 Å². The van der Waals surface area contributed by atoms with Crippen molar-refractivity contribution in [1.82, 2.24) is 0 Å². The van der Waals surface area contributed by atoms with Gasteiger partial charge in [-0.25, -0.2) is 0 Å². The fourth-order valence-electron chi connectivity index (χ4n) is 0.425. The maximum atomic E-state index is 8.37. The standard InChI is InChI=1S/C6H14O.H2O/c1-3-6(2)4-5-7;/h6-7H,3-5H2,1-2H3;1H2. The van der Waals surface area contributed by atoms with Crippen LogP contribution in [0.3, 0.4) is 0 Å². The van der Waals surface area contributed by atoms with E-state index < -0.39 is 0 Å². The zero-order valence-electron chi connectivity index (χ0n) is 5.65. The van der Waals surface area contributed by atoms with Crippen molar-refractivity contribution in [2.75, 3.05) is 6.61 Å². The van der Waals surface area contributed by atoms with Crippen molar-refractivity contribution in [3.63, 3.8) is 0 Å². The quantitative estimate of drug-likeness (QED) is 0.582. The molecule has 0 aromatic rings. The van der Waals surface area contributed by atoms with Crippen LogP contribution in [-0.2, 0) is 0 Å². The van der Waals surface area contributed by atoms with Crippen LogP contribution in [0.25, 0.3) is 0 Å². The van der Waals surface area contributed by atoms with Gasteiger partial charge in [0.25, 0.3) is 0 Å². The van der Waals surface area contributed by atoms with Gasteiger partial charge in [0.05, 0.1) is 0 Å². The Balaban J connectivity index is 0. The Bertz CT molecular complexity index is 37.5. The second-order valence-electron chi connectivity index (χ2n) is 2.03. The average Bonchev–Trinajstić information content (AvgIpc) is 1.68. The number of aliphatic hydroxyl groups excluding tert-OH is 1. The molecule has 0 aliphatic carbocycles. The van der Waals surface area contributed by atoms with E-state index in [4.69, 9.17) is 5.11 Å². The molecule has 0 saturated carbocycles. The molecule has 2 heteroatoms. The molecule has 52 valence electrons. The third kappa shape index (κ3) is 5.92. The predicted octanol–water partition coefficient (Wildman–Crippen LogP) is 0.590. The number of hydrogen-bond donors (Lipinski definition) is 1. The summed E-state index contributed by atoms with van der Waals surface area (Å²) in [6.07, 6.45) is 2.14. The third-order valence-electron chi connectivity index (χ3n) is 1.32. The zero-order chi connectivity index (χ0) is 5.70. The molecule has 8 heavy (non-hydrogen) atoms. The average molecular weight is 120 g/mol. The second kappa shape index (κ2) is 6.92. The largest absolute Gasteiger partial charge is 0.412 e. The van der Waals surface area contributed by atoms with E-state index in [1.807, 2.05) is 0 Å². The Morgan fingerprint density at radius 3 is 2.12 bits per heavy atom. The first-order valence-electron chi connectivity index (χ1n) is 2.92. The van der Waals surface area contributed by atoms with Gasteiger partial charge in [0, 0.05) is 6.61 Å². The summed E-state index contributed by atoms with van der Waals surface area (Å²) < 4.78 is 0. The van der Waals surface area contributed by atoms with Crippen LogP contribution in [-0.4, -0.2) is 17.2 Å². The fourth-order valence-corrected chi connectivity index (χ4v) is 0.425. The Hall–Kier alpha value is -0.0800. The lowest BCUT2D eigenvalue weighted by molar-refractivity contribution is 0.260. The minimum absolute atomic E-state index is 0. The first-order valence-corrected chi connectivity index (χ1v) is 2.92. The Morgan fingerprint density at radius 2 is 2.00 bits per heavy atom. The van der Waals surface area contributed by atoms with Gasteiger partial charge >= 0.3 is 0 Å². The first kappa shape index (κ1) is 10.8. The summed E-state index contributed by atoms with van der Waals surface area (Å²) >= 11 is 0. The highest BCUT2D eigenvalue weighted by molar-refractivity contribution is 4.45. The fraction of sp³-hybridized carbons (Fsp3) is 1.00. The van der Waals surface area contributed by atoms with Gasteiger partial charge in [0.2, 0.25) is 0 Å². The number of aliphatic hydroxyl groups is 1. The second-order valence-corrected chi connectivity index (χ2v) is 2.03. The van der Waals surface area contributed by atoms with Crippen molar-refractivity contribution in [2.24, 2.45) is 5.92 Å². The molecule has 1 atom stereocenters. The van der Waals surface area contributed by atoms with E-state index in [1.165, 1.54) is 6.42 Å². The van der Waals surface area contributed by atoms with Crippen LogP contribution in [0.1, 0.15) is 26.7 Å². The highest BCUT2D eigenvalue weighted by atomic mass is 16.3. The predicted molar refractivity (Wildman–Crippen MR) is 34.8 cm³/mol. The summed E-state index contributed by atoms with van der Waals surface area (Å²) in [7, 11) is 0. The first-order chi connectivity index (χ1) is 3.31. The maximum Gasteiger partial charge on any atom is 0.0433 e. The summed E-state index contributed by atoms with van der Waals surface area (Å²) in [5, 5.41) is 8.37. The lowest BCUT2D eigenvalue weighted by Crippen LogP contribution is -1.94. The van der Waals surface area contributed by atoms with Crippen LogP contribution in [0.5, 0.6) is 0 Å². The van der Waals surface area contributed by atoms with Gasteiger partial charge in [0.1, 0.15) is 0 Å². The molecule has 0 aliphatic heterocycles.